The summed E-state index contributed by atoms with van der Waals surface area (Å²) in [5.41, 5.74) is 7.75. The zero-order valence-corrected chi connectivity index (χ0v) is 35.6. The third kappa shape index (κ3) is 8.45. The van der Waals surface area contributed by atoms with Crippen LogP contribution in [0.25, 0.3) is 44.5 Å². The Bertz CT molecular complexity index is 2350. The zero-order chi connectivity index (χ0) is 43.0. The van der Waals surface area contributed by atoms with Gasteiger partial charge in [-0.05, 0) is 76.5 Å². The van der Waals surface area contributed by atoms with Crippen LogP contribution in [-0.4, -0.2) is 103 Å². The highest BCUT2D eigenvalue weighted by Gasteiger charge is 2.42. The molecule has 14 heteroatoms. The van der Waals surface area contributed by atoms with Gasteiger partial charge in [0.2, 0.25) is 11.8 Å². The predicted octanol–water partition coefficient (Wildman–Crippen LogP) is 8.12. The first-order chi connectivity index (χ1) is 28.6. The molecule has 0 radical (unpaired) electrons. The van der Waals surface area contributed by atoms with Crippen molar-refractivity contribution < 1.29 is 29.0 Å². The number of carbonyl (C=O) groups is 4. The second kappa shape index (κ2) is 17.2. The highest BCUT2D eigenvalue weighted by Crippen LogP contribution is 2.38. The monoisotopic (exact) mass is 816 g/mol. The van der Waals surface area contributed by atoms with Gasteiger partial charge in [-0.2, -0.15) is 0 Å². The van der Waals surface area contributed by atoms with Crippen LogP contribution in [0.2, 0.25) is 0 Å². The Morgan fingerprint density at radius 3 is 1.85 bits per heavy atom. The normalized spacial score (nSPS) is 20.2. The standard InChI is InChI=1S/C46H56N8O6/c1-25(2)39(51-45(57)60-8)43(55)53-23-28(6)20-38(53)42-48-34-18-17-33(21-35(34)49-42)31-11-9-29(10-12-31)30-13-15-32(16-14-30)36-22-47-41(50-36)37-19-27(5)24-54(37)44(56)40(26(3)4)52(7)46(58)59/h9-18,21-22,25-28,37-40H,19-20,23-24H2,1-8H3,(H,47,50)(H,48,49)(H,51,57)(H,58,59)/t27-,28-,37-,38-,39-,40-/m0/s1. The molecule has 7 rings (SSSR count). The van der Waals surface area contributed by atoms with Crippen molar-refractivity contribution in [2.75, 3.05) is 27.2 Å². The van der Waals surface area contributed by atoms with Gasteiger partial charge in [0, 0.05) is 20.1 Å². The number of hydrogen-bond acceptors (Lipinski definition) is 7. The molecule has 2 aliphatic rings. The Balaban J connectivity index is 1.04. The molecule has 4 amide bonds. The van der Waals surface area contributed by atoms with Crippen LogP contribution >= 0.6 is 0 Å². The highest BCUT2D eigenvalue weighted by molar-refractivity contribution is 5.88. The van der Waals surface area contributed by atoms with Crippen LogP contribution in [0.4, 0.5) is 9.59 Å². The molecule has 0 saturated carbocycles. The molecule has 0 bridgehead atoms. The lowest BCUT2D eigenvalue weighted by molar-refractivity contribution is -0.138. The highest BCUT2D eigenvalue weighted by atomic mass is 16.5. The minimum atomic E-state index is -1.13. The number of amides is 4. The number of carbonyl (C=O) groups excluding carboxylic acids is 3. The van der Waals surface area contributed by atoms with E-state index < -0.39 is 24.3 Å². The first-order valence-corrected chi connectivity index (χ1v) is 20.8. The van der Waals surface area contributed by atoms with Crippen LogP contribution in [0.1, 0.15) is 78.1 Å². The number of aromatic amines is 2. The third-order valence-corrected chi connectivity index (χ3v) is 12.1. The lowest BCUT2D eigenvalue weighted by Gasteiger charge is -2.33. The molecule has 6 atom stereocenters. The fourth-order valence-electron chi connectivity index (χ4n) is 8.88. The molecule has 5 aromatic rings. The smallest absolute Gasteiger partial charge is 0.407 e. The molecule has 2 fully saturated rings. The molecular formula is C46H56N8O6. The first kappa shape index (κ1) is 42.0. The summed E-state index contributed by atoms with van der Waals surface area (Å²) in [6.07, 6.45) is 1.55. The van der Waals surface area contributed by atoms with E-state index >= 15 is 0 Å². The Morgan fingerprint density at radius 2 is 1.30 bits per heavy atom. The number of methoxy groups -OCH3 is 1. The van der Waals surface area contributed by atoms with Crippen LogP contribution in [0, 0.1) is 23.7 Å². The van der Waals surface area contributed by atoms with Gasteiger partial charge in [0.25, 0.3) is 0 Å². The molecule has 14 nitrogen and oxygen atoms in total. The van der Waals surface area contributed by atoms with Gasteiger partial charge in [-0.15, -0.1) is 0 Å². The number of nitrogens with one attached hydrogen (secondary N) is 3. The topological polar surface area (TPSA) is 177 Å². The van der Waals surface area contributed by atoms with Crippen LogP contribution in [-0.2, 0) is 14.3 Å². The minimum absolute atomic E-state index is 0.118. The maximum Gasteiger partial charge on any atom is 0.407 e. The number of carboxylic acid groups (broad SMARTS) is 1. The maximum atomic E-state index is 13.8. The summed E-state index contributed by atoms with van der Waals surface area (Å²) in [7, 11) is 2.75. The van der Waals surface area contributed by atoms with Crippen molar-refractivity contribution in [3.05, 3.63) is 84.6 Å². The first-order valence-electron chi connectivity index (χ1n) is 20.8. The molecule has 0 unspecified atom stereocenters. The van der Waals surface area contributed by atoms with E-state index in [1.807, 2.05) is 38.7 Å². The molecule has 4 heterocycles. The van der Waals surface area contributed by atoms with Gasteiger partial charge in [0.15, 0.2) is 0 Å². The van der Waals surface area contributed by atoms with Crippen LogP contribution < -0.4 is 5.32 Å². The molecular weight excluding hydrogens is 761 g/mol. The Kier molecular flexibility index (Phi) is 12.0. The lowest BCUT2D eigenvalue weighted by atomic mass is 9.99. The molecule has 0 spiro atoms. The van der Waals surface area contributed by atoms with Crippen LogP contribution in [0.5, 0.6) is 0 Å². The number of aromatic nitrogens is 4. The number of fused-ring (bicyclic) bond motifs is 1. The molecule has 2 aliphatic heterocycles. The van der Waals surface area contributed by atoms with E-state index in [1.165, 1.54) is 14.2 Å². The van der Waals surface area contributed by atoms with Gasteiger partial charge in [-0.3, -0.25) is 14.5 Å². The van der Waals surface area contributed by atoms with E-state index in [1.54, 1.807) is 11.1 Å². The zero-order valence-electron chi connectivity index (χ0n) is 35.6. The van der Waals surface area contributed by atoms with E-state index in [0.717, 1.165) is 68.1 Å². The van der Waals surface area contributed by atoms with Crippen molar-refractivity contribution in [3.63, 3.8) is 0 Å². The maximum absolute atomic E-state index is 13.8. The second-order valence-corrected chi connectivity index (χ2v) is 17.3. The minimum Gasteiger partial charge on any atom is -0.465 e. The summed E-state index contributed by atoms with van der Waals surface area (Å²) in [6, 6.07) is 20.9. The predicted molar refractivity (Wildman–Crippen MR) is 230 cm³/mol. The quantitative estimate of drug-likeness (QED) is 0.103. The molecule has 2 saturated heterocycles. The number of nitrogens with zero attached hydrogens (tertiary/aromatic N) is 5. The van der Waals surface area contributed by atoms with Crippen molar-refractivity contribution in [2.24, 2.45) is 23.7 Å². The molecule has 316 valence electrons. The summed E-state index contributed by atoms with van der Waals surface area (Å²) in [6.45, 7) is 12.9. The van der Waals surface area contributed by atoms with Gasteiger partial charge in [0.1, 0.15) is 23.7 Å². The number of rotatable bonds is 11. The van der Waals surface area contributed by atoms with Crippen molar-refractivity contribution in [1.82, 2.24) is 40.0 Å². The van der Waals surface area contributed by atoms with Crippen molar-refractivity contribution in [3.8, 4) is 33.5 Å². The molecule has 4 N–H and O–H groups in total. The molecule has 2 aromatic heterocycles. The number of ether oxygens (including phenoxy) is 1. The fraction of sp³-hybridized carbons (Fsp3) is 0.435. The summed E-state index contributed by atoms with van der Waals surface area (Å²) in [5.74, 6) is 1.32. The average Bonchev–Trinajstić information content (AvgIpc) is 4.05. The van der Waals surface area contributed by atoms with Crippen LogP contribution in [0.3, 0.4) is 0 Å². The van der Waals surface area contributed by atoms with E-state index in [0.29, 0.717) is 18.9 Å². The Labute approximate surface area is 350 Å². The Morgan fingerprint density at radius 1 is 0.767 bits per heavy atom. The number of hydrogen-bond donors (Lipinski definition) is 4. The number of H-pyrrole nitrogens is 2. The van der Waals surface area contributed by atoms with E-state index in [4.69, 9.17) is 14.7 Å². The number of likely N-dealkylation sites (tertiary alicyclic amines) is 2. The van der Waals surface area contributed by atoms with Gasteiger partial charge in [-0.1, -0.05) is 96.1 Å². The number of alkyl carbamates (subject to hydrolysis) is 1. The molecule has 0 aliphatic carbocycles. The van der Waals surface area contributed by atoms with Gasteiger partial charge in [0.05, 0.1) is 42.1 Å². The second-order valence-electron chi connectivity index (χ2n) is 17.3. The fourth-order valence-corrected chi connectivity index (χ4v) is 8.88. The summed E-state index contributed by atoms with van der Waals surface area (Å²) < 4.78 is 4.79. The van der Waals surface area contributed by atoms with E-state index in [2.05, 4.69) is 89.8 Å². The number of likely N-dealkylation sites (N-methyl/N-ethyl adjacent to an activating group) is 1. The SMILES string of the molecule is COC(=O)N[C@H](C(=O)N1C[C@@H](C)C[C@H]1c1nc2ccc(-c3ccc(-c4ccc(-c5cnc([C@@H]6C[C@H](C)CN6C(=O)[C@H](C(C)C)N(C)C(=O)O)[nH]5)cc4)cc3)cc2[nH]1)C(C)C. The number of imidazole rings is 2. The summed E-state index contributed by atoms with van der Waals surface area (Å²) in [4.78, 5) is 72.7. The van der Waals surface area contributed by atoms with E-state index in [-0.39, 0.29) is 47.6 Å². The molecule has 60 heavy (non-hydrogen) atoms. The van der Waals surface area contributed by atoms with Crippen LogP contribution in [0.15, 0.2) is 72.9 Å². The van der Waals surface area contributed by atoms with Gasteiger partial charge >= 0.3 is 12.2 Å². The van der Waals surface area contributed by atoms with Gasteiger partial charge < -0.3 is 34.9 Å². The lowest BCUT2D eigenvalue weighted by Crippen LogP contribution is -2.51. The number of benzene rings is 3. The molecule has 3 aromatic carbocycles. The largest absolute Gasteiger partial charge is 0.465 e. The van der Waals surface area contributed by atoms with Crippen molar-refractivity contribution in [2.45, 2.75) is 78.6 Å². The summed E-state index contributed by atoms with van der Waals surface area (Å²) >= 11 is 0. The van der Waals surface area contributed by atoms with E-state index in [9.17, 15) is 24.3 Å². The Hall–Kier alpha value is -6.18. The van der Waals surface area contributed by atoms with Crippen molar-refractivity contribution in [1.29, 1.82) is 0 Å². The third-order valence-electron chi connectivity index (χ3n) is 12.1. The average molecular weight is 817 g/mol. The summed E-state index contributed by atoms with van der Waals surface area (Å²) in [5, 5.41) is 12.4. The van der Waals surface area contributed by atoms with Gasteiger partial charge in [-0.25, -0.2) is 19.6 Å². The van der Waals surface area contributed by atoms with Crippen molar-refractivity contribution >= 4 is 35.0 Å².